The van der Waals surface area contributed by atoms with Crippen LogP contribution in [0.25, 0.3) is 10.2 Å². The number of nitrogens with one attached hydrogen (secondary N) is 1. The molecule has 3 aromatic rings. The van der Waals surface area contributed by atoms with Gasteiger partial charge in [-0.25, -0.2) is 18.1 Å². The fourth-order valence-electron chi connectivity index (χ4n) is 3.96. The van der Waals surface area contributed by atoms with Crippen LogP contribution in [-0.2, 0) is 14.8 Å². The first kappa shape index (κ1) is 23.5. The SMILES string of the molecule is COc1ccc(S(=O)(=O)NCCC(=O)N2CCC(c3nc4ccccc4s3)CC2)cc1OC. The highest BCUT2D eigenvalue weighted by Crippen LogP contribution is 2.34. The number of nitrogens with zero attached hydrogens (tertiary/aromatic N) is 2. The van der Waals surface area contributed by atoms with Crippen molar-refractivity contribution in [2.45, 2.75) is 30.1 Å². The molecule has 0 unspecified atom stereocenters. The van der Waals surface area contributed by atoms with E-state index in [0.717, 1.165) is 23.4 Å². The summed E-state index contributed by atoms with van der Waals surface area (Å²) in [4.78, 5) is 19.3. The summed E-state index contributed by atoms with van der Waals surface area (Å²) in [5.74, 6) is 1.08. The number of carbonyl (C=O) groups excluding carboxylic acids is 1. The van der Waals surface area contributed by atoms with Crippen molar-refractivity contribution in [1.29, 1.82) is 0 Å². The lowest BCUT2D eigenvalue weighted by atomic mass is 9.97. The van der Waals surface area contributed by atoms with Crippen LogP contribution < -0.4 is 14.2 Å². The van der Waals surface area contributed by atoms with Gasteiger partial charge in [0.2, 0.25) is 15.9 Å². The van der Waals surface area contributed by atoms with Gasteiger partial charge in [-0.3, -0.25) is 4.79 Å². The number of para-hydroxylation sites is 1. The number of amides is 1. The molecule has 1 fully saturated rings. The number of thiazole rings is 1. The Bertz CT molecular complexity index is 1200. The second kappa shape index (κ2) is 10.1. The molecule has 2 heterocycles. The Hall–Kier alpha value is -2.69. The second-order valence-corrected chi connectivity index (χ2v) is 10.7. The third-order valence-electron chi connectivity index (χ3n) is 5.80. The first-order chi connectivity index (χ1) is 15.9. The van der Waals surface area contributed by atoms with E-state index in [1.54, 1.807) is 11.3 Å². The summed E-state index contributed by atoms with van der Waals surface area (Å²) >= 11 is 1.72. The number of methoxy groups -OCH3 is 2. The normalized spacial score (nSPS) is 15.0. The average molecular weight is 490 g/mol. The van der Waals surface area contributed by atoms with Crippen molar-refractivity contribution in [2.75, 3.05) is 33.9 Å². The molecule has 1 aliphatic rings. The van der Waals surface area contributed by atoms with Crippen molar-refractivity contribution in [3.63, 3.8) is 0 Å². The molecule has 1 saturated heterocycles. The average Bonchev–Trinajstić information content (AvgIpc) is 3.28. The number of sulfonamides is 1. The summed E-state index contributed by atoms with van der Waals surface area (Å²) in [7, 11) is -0.836. The molecule has 1 aliphatic heterocycles. The number of carbonyl (C=O) groups is 1. The Morgan fingerprint density at radius 2 is 1.85 bits per heavy atom. The molecule has 0 atom stereocenters. The van der Waals surface area contributed by atoms with E-state index in [9.17, 15) is 13.2 Å². The number of piperidine rings is 1. The highest BCUT2D eigenvalue weighted by atomic mass is 32.2. The lowest BCUT2D eigenvalue weighted by Gasteiger charge is -2.31. The molecular weight excluding hydrogens is 462 g/mol. The molecule has 0 spiro atoms. The highest BCUT2D eigenvalue weighted by Gasteiger charge is 2.26. The van der Waals surface area contributed by atoms with Crippen molar-refractivity contribution in [3.05, 3.63) is 47.5 Å². The summed E-state index contributed by atoms with van der Waals surface area (Å²) in [6.07, 6.45) is 1.84. The number of ether oxygens (including phenoxy) is 2. The number of aromatic nitrogens is 1. The number of hydrogen-bond donors (Lipinski definition) is 1. The summed E-state index contributed by atoms with van der Waals surface area (Å²) in [6.45, 7) is 1.34. The van der Waals surface area contributed by atoms with Crippen LogP contribution in [0.4, 0.5) is 0 Å². The Kier molecular flexibility index (Phi) is 7.16. The molecule has 4 rings (SSSR count). The van der Waals surface area contributed by atoms with Crippen LogP contribution in [0.2, 0.25) is 0 Å². The Morgan fingerprint density at radius 1 is 1.12 bits per heavy atom. The number of benzene rings is 2. The molecule has 0 radical (unpaired) electrons. The van der Waals surface area contributed by atoms with Crippen LogP contribution in [0.1, 0.15) is 30.2 Å². The van der Waals surface area contributed by atoms with Crippen molar-refractivity contribution in [2.24, 2.45) is 0 Å². The van der Waals surface area contributed by atoms with Crippen LogP contribution in [0.5, 0.6) is 11.5 Å². The third kappa shape index (κ3) is 5.29. The van der Waals surface area contributed by atoms with Gasteiger partial charge < -0.3 is 14.4 Å². The van der Waals surface area contributed by atoms with E-state index in [1.165, 1.54) is 37.1 Å². The maximum Gasteiger partial charge on any atom is 0.240 e. The zero-order valence-electron chi connectivity index (χ0n) is 18.6. The van der Waals surface area contributed by atoms with E-state index in [-0.39, 0.29) is 23.8 Å². The standard InChI is InChI=1S/C23H27N3O5S2/c1-30-19-8-7-17(15-20(19)31-2)33(28,29)24-12-9-22(27)26-13-10-16(11-14-26)23-25-18-5-3-4-6-21(18)32-23/h3-8,15-16,24H,9-14H2,1-2H3. The lowest BCUT2D eigenvalue weighted by molar-refractivity contribution is -0.132. The van der Waals surface area contributed by atoms with E-state index in [4.69, 9.17) is 14.5 Å². The first-order valence-corrected chi connectivity index (χ1v) is 13.1. The number of likely N-dealkylation sites (tertiary alicyclic amines) is 1. The summed E-state index contributed by atoms with van der Waals surface area (Å²) in [5, 5.41) is 1.13. The molecule has 33 heavy (non-hydrogen) atoms. The quantitative estimate of drug-likeness (QED) is 0.521. The van der Waals surface area contributed by atoms with Gasteiger partial charge in [-0.1, -0.05) is 12.1 Å². The fraction of sp³-hybridized carbons (Fsp3) is 0.391. The molecule has 176 valence electrons. The minimum absolute atomic E-state index is 0.0350. The van der Waals surface area contributed by atoms with Crippen molar-refractivity contribution >= 4 is 37.5 Å². The molecule has 10 heteroatoms. The topological polar surface area (TPSA) is 97.8 Å². The lowest BCUT2D eigenvalue weighted by Crippen LogP contribution is -2.39. The minimum Gasteiger partial charge on any atom is -0.493 e. The molecule has 1 N–H and O–H groups in total. The van der Waals surface area contributed by atoms with E-state index >= 15 is 0 Å². The molecule has 0 aliphatic carbocycles. The maximum absolute atomic E-state index is 12.6. The van der Waals surface area contributed by atoms with Gasteiger partial charge in [-0.15, -0.1) is 11.3 Å². The van der Waals surface area contributed by atoms with Gasteiger partial charge in [0.05, 0.1) is 34.3 Å². The van der Waals surface area contributed by atoms with Gasteiger partial charge in [0, 0.05) is 38.0 Å². The van der Waals surface area contributed by atoms with E-state index in [0.29, 0.717) is 30.5 Å². The van der Waals surface area contributed by atoms with Gasteiger partial charge >= 0.3 is 0 Å². The predicted octanol–water partition coefficient (Wildman–Crippen LogP) is 3.39. The predicted molar refractivity (Wildman–Crippen MR) is 128 cm³/mol. The van der Waals surface area contributed by atoms with Gasteiger partial charge in [0.1, 0.15) is 0 Å². The zero-order chi connectivity index (χ0) is 23.4. The van der Waals surface area contributed by atoms with Crippen LogP contribution in [0, 0.1) is 0 Å². The zero-order valence-corrected chi connectivity index (χ0v) is 20.2. The van der Waals surface area contributed by atoms with Gasteiger partial charge in [-0.2, -0.15) is 0 Å². The van der Waals surface area contributed by atoms with E-state index in [1.807, 2.05) is 23.1 Å². The second-order valence-electron chi connectivity index (χ2n) is 7.84. The van der Waals surface area contributed by atoms with Gasteiger partial charge in [0.15, 0.2) is 11.5 Å². The smallest absolute Gasteiger partial charge is 0.240 e. The molecule has 1 amide bonds. The molecule has 0 saturated carbocycles. The summed E-state index contributed by atoms with van der Waals surface area (Å²) in [6, 6.07) is 12.5. The maximum atomic E-state index is 12.6. The number of hydrogen-bond acceptors (Lipinski definition) is 7. The van der Waals surface area contributed by atoms with Crippen molar-refractivity contribution < 1.29 is 22.7 Å². The van der Waals surface area contributed by atoms with Crippen molar-refractivity contribution in [1.82, 2.24) is 14.6 Å². The first-order valence-electron chi connectivity index (χ1n) is 10.8. The number of fused-ring (bicyclic) bond motifs is 1. The summed E-state index contributed by atoms with van der Waals surface area (Å²) in [5.41, 5.74) is 1.03. The molecule has 1 aromatic heterocycles. The minimum atomic E-state index is -3.77. The molecule has 2 aromatic carbocycles. The van der Waals surface area contributed by atoms with Crippen molar-refractivity contribution in [3.8, 4) is 11.5 Å². The third-order valence-corrected chi connectivity index (χ3v) is 8.46. The van der Waals surface area contributed by atoms with E-state index in [2.05, 4.69) is 10.8 Å². The van der Waals surface area contributed by atoms with Gasteiger partial charge in [-0.05, 0) is 37.1 Å². The number of rotatable bonds is 8. The monoisotopic (exact) mass is 489 g/mol. The van der Waals surface area contributed by atoms with Gasteiger partial charge in [0.25, 0.3) is 0 Å². The Balaban J connectivity index is 1.28. The highest BCUT2D eigenvalue weighted by molar-refractivity contribution is 7.89. The largest absolute Gasteiger partial charge is 0.493 e. The Labute approximate surface area is 197 Å². The summed E-state index contributed by atoms with van der Waals surface area (Å²) < 4.78 is 39.2. The van der Waals surface area contributed by atoms with Crippen LogP contribution in [0.3, 0.4) is 0 Å². The fourth-order valence-corrected chi connectivity index (χ4v) is 6.14. The van der Waals surface area contributed by atoms with Crippen LogP contribution >= 0.6 is 11.3 Å². The molecule has 0 bridgehead atoms. The molecule has 8 nitrogen and oxygen atoms in total. The van der Waals surface area contributed by atoms with Crippen LogP contribution in [0.15, 0.2) is 47.4 Å². The van der Waals surface area contributed by atoms with Crippen LogP contribution in [-0.4, -0.2) is 58.1 Å². The Morgan fingerprint density at radius 3 is 2.55 bits per heavy atom. The molecular formula is C23H27N3O5S2. The van der Waals surface area contributed by atoms with E-state index < -0.39 is 10.0 Å².